The number of hydrogen-bond acceptors (Lipinski definition) is 3. The average molecular weight is 267 g/mol. The second kappa shape index (κ2) is 10.5. The number of aromatic nitrogens is 1. The molecule has 1 atom stereocenters. The first-order chi connectivity index (χ1) is 9.10. The highest BCUT2D eigenvalue weighted by molar-refractivity contribution is 5.32. The number of ether oxygens (including phenoxy) is 1. The third kappa shape index (κ3) is 6.90. The molecule has 0 saturated carbocycles. The van der Waals surface area contributed by atoms with Gasteiger partial charge in [-0.25, -0.2) is 9.37 Å². The summed E-state index contributed by atoms with van der Waals surface area (Å²) < 4.78 is 18.2. The van der Waals surface area contributed by atoms with Crippen molar-refractivity contribution in [1.29, 1.82) is 0 Å². The molecule has 3 nitrogen and oxygen atoms in total. The Morgan fingerprint density at radius 2 is 2.11 bits per heavy atom. The summed E-state index contributed by atoms with van der Waals surface area (Å²) in [7, 11) is 1.53. The molecule has 19 heavy (non-hydrogen) atoms. The lowest BCUT2D eigenvalue weighted by molar-refractivity contribution is 0.108. The largest absolute Gasteiger partial charge is 0.388 e. The summed E-state index contributed by atoms with van der Waals surface area (Å²) in [5.41, 5.74) is 0.667. The third-order valence-corrected chi connectivity index (χ3v) is 2.09. The summed E-state index contributed by atoms with van der Waals surface area (Å²) in [5.74, 6) is 4.86. The summed E-state index contributed by atoms with van der Waals surface area (Å²) in [5, 5.41) is 9.73. The Morgan fingerprint density at radius 1 is 1.47 bits per heavy atom. The van der Waals surface area contributed by atoms with Gasteiger partial charge in [0.25, 0.3) is 0 Å². The van der Waals surface area contributed by atoms with Gasteiger partial charge < -0.3 is 9.84 Å². The molecule has 0 amide bonds. The molecule has 4 heteroatoms. The van der Waals surface area contributed by atoms with Gasteiger partial charge in [0.1, 0.15) is 11.5 Å². The number of rotatable bonds is 4. The van der Waals surface area contributed by atoms with E-state index in [0.29, 0.717) is 18.7 Å². The molecule has 0 radical (unpaired) electrons. The molecule has 0 aliphatic heterocycles. The Morgan fingerprint density at radius 3 is 2.63 bits per heavy atom. The van der Waals surface area contributed by atoms with Crippen LogP contribution in [0.4, 0.5) is 4.39 Å². The van der Waals surface area contributed by atoms with Crippen molar-refractivity contribution in [2.75, 3.05) is 13.7 Å². The van der Waals surface area contributed by atoms with Gasteiger partial charge in [0.15, 0.2) is 0 Å². The summed E-state index contributed by atoms with van der Waals surface area (Å²) in [6.07, 6.45) is 1.78. The molecule has 0 aromatic carbocycles. The first-order valence-corrected chi connectivity index (χ1v) is 6.35. The van der Waals surface area contributed by atoms with E-state index in [1.54, 1.807) is 6.92 Å². The van der Waals surface area contributed by atoms with Crippen LogP contribution in [0.15, 0.2) is 12.3 Å². The van der Waals surface area contributed by atoms with Crippen LogP contribution < -0.4 is 0 Å². The number of aliphatic hydroxyl groups is 1. The van der Waals surface area contributed by atoms with Gasteiger partial charge in [-0.15, -0.1) is 0 Å². The van der Waals surface area contributed by atoms with E-state index < -0.39 is 11.9 Å². The van der Waals surface area contributed by atoms with E-state index in [1.807, 2.05) is 0 Å². The molecule has 1 rings (SSSR count). The second-order valence-corrected chi connectivity index (χ2v) is 3.97. The molecule has 1 aromatic heterocycles. The summed E-state index contributed by atoms with van der Waals surface area (Å²) in [4.78, 5) is 3.80. The Kier molecular flexibility index (Phi) is 9.69. The highest BCUT2D eigenvalue weighted by Crippen LogP contribution is 2.20. The van der Waals surface area contributed by atoms with E-state index in [-0.39, 0.29) is 5.56 Å². The Bertz CT molecular complexity index is 424. The maximum absolute atomic E-state index is 13.4. The van der Waals surface area contributed by atoms with E-state index in [0.717, 1.165) is 6.20 Å². The van der Waals surface area contributed by atoms with E-state index >= 15 is 0 Å². The zero-order chi connectivity index (χ0) is 14.7. The summed E-state index contributed by atoms with van der Waals surface area (Å²) in [6, 6.07) is 1.46. The van der Waals surface area contributed by atoms with Crippen molar-refractivity contribution < 1.29 is 14.2 Å². The van der Waals surface area contributed by atoms with Crippen molar-refractivity contribution in [3.63, 3.8) is 0 Å². The fourth-order valence-electron chi connectivity index (χ4n) is 1.29. The maximum atomic E-state index is 13.4. The minimum Gasteiger partial charge on any atom is -0.388 e. The Balaban J connectivity index is 0.000000982. The predicted octanol–water partition coefficient (Wildman–Crippen LogP) is 3.08. The number of halogens is 1. The molecular formula is C15H22FNO2. The number of pyridine rings is 1. The SMILES string of the molecule is CC#Cc1cc(C(O)CCOC)c(F)cn1.CCC. The molecule has 0 aliphatic carbocycles. The van der Waals surface area contributed by atoms with E-state index in [9.17, 15) is 9.50 Å². The summed E-state index contributed by atoms with van der Waals surface area (Å²) >= 11 is 0. The lowest BCUT2D eigenvalue weighted by Gasteiger charge is -2.11. The molecule has 1 unspecified atom stereocenters. The highest BCUT2D eigenvalue weighted by Gasteiger charge is 2.13. The second-order valence-electron chi connectivity index (χ2n) is 3.97. The van der Waals surface area contributed by atoms with Crippen molar-refractivity contribution in [3.8, 4) is 11.8 Å². The van der Waals surface area contributed by atoms with E-state index in [2.05, 4.69) is 30.7 Å². The van der Waals surface area contributed by atoms with Crippen LogP contribution in [0.1, 0.15) is 51.0 Å². The molecule has 0 spiro atoms. The van der Waals surface area contributed by atoms with Crippen LogP contribution in [0.2, 0.25) is 0 Å². The predicted molar refractivity (Wildman–Crippen MR) is 74.2 cm³/mol. The van der Waals surface area contributed by atoms with Crippen LogP contribution in [0.25, 0.3) is 0 Å². The van der Waals surface area contributed by atoms with Crippen LogP contribution >= 0.6 is 0 Å². The molecule has 0 bridgehead atoms. The molecule has 1 N–H and O–H groups in total. The zero-order valence-electron chi connectivity index (χ0n) is 12.0. The highest BCUT2D eigenvalue weighted by atomic mass is 19.1. The minimum atomic E-state index is -0.889. The molecule has 0 fully saturated rings. The fourth-order valence-corrected chi connectivity index (χ4v) is 1.29. The molecule has 0 saturated heterocycles. The van der Waals surface area contributed by atoms with Crippen molar-refractivity contribution in [2.24, 2.45) is 0 Å². The van der Waals surface area contributed by atoms with Crippen LogP contribution in [-0.2, 0) is 4.74 Å². The van der Waals surface area contributed by atoms with Gasteiger partial charge in [0, 0.05) is 25.7 Å². The number of nitrogens with zero attached hydrogens (tertiary/aromatic N) is 1. The first kappa shape index (κ1) is 17.6. The monoisotopic (exact) mass is 267 g/mol. The van der Waals surface area contributed by atoms with Gasteiger partial charge in [-0.2, -0.15) is 0 Å². The number of aliphatic hydroxyl groups excluding tert-OH is 1. The molecule has 1 heterocycles. The van der Waals surface area contributed by atoms with Gasteiger partial charge in [-0.1, -0.05) is 26.2 Å². The average Bonchev–Trinajstić information content (AvgIpc) is 2.39. The number of methoxy groups -OCH3 is 1. The molecule has 0 aliphatic rings. The fraction of sp³-hybridized carbons (Fsp3) is 0.533. The lowest BCUT2D eigenvalue weighted by atomic mass is 10.1. The molecule has 1 aromatic rings. The summed E-state index contributed by atoms with van der Waals surface area (Å²) in [6.45, 7) is 6.30. The topological polar surface area (TPSA) is 42.4 Å². The minimum absolute atomic E-state index is 0.213. The Hall–Kier alpha value is -1.44. The smallest absolute Gasteiger partial charge is 0.147 e. The quantitative estimate of drug-likeness (QED) is 0.852. The van der Waals surface area contributed by atoms with Crippen LogP contribution in [0.3, 0.4) is 0 Å². The van der Waals surface area contributed by atoms with E-state index in [1.165, 1.54) is 19.6 Å². The van der Waals surface area contributed by atoms with Crippen LogP contribution in [-0.4, -0.2) is 23.8 Å². The van der Waals surface area contributed by atoms with Gasteiger partial charge in [-0.05, 0) is 18.9 Å². The van der Waals surface area contributed by atoms with Crippen molar-refractivity contribution in [1.82, 2.24) is 4.98 Å². The Labute approximate surface area is 114 Å². The normalized spacial score (nSPS) is 10.8. The van der Waals surface area contributed by atoms with Crippen molar-refractivity contribution >= 4 is 0 Å². The lowest BCUT2D eigenvalue weighted by Crippen LogP contribution is -2.05. The van der Waals surface area contributed by atoms with Gasteiger partial charge in [0.2, 0.25) is 0 Å². The molecular weight excluding hydrogens is 245 g/mol. The maximum Gasteiger partial charge on any atom is 0.147 e. The van der Waals surface area contributed by atoms with Gasteiger partial charge in [0.05, 0.1) is 12.3 Å². The molecule has 106 valence electrons. The third-order valence-electron chi connectivity index (χ3n) is 2.09. The van der Waals surface area contributed by atoms with Crippen LogP contribution in [0.5, 0.6) is 0 Å². The van der Waals surface area contributed by atoms with Crippen molar-refractivity contribution in [2.45, 2.75) is 39.7 Å². The van der Waals surface area contributed by atoms with Gasteiger partial charge >= 0.3 is 0 Å². The number of hydrogen-bond donors (Lipinski definition) is 1. The van der Waals surface area contributed by atoms with Gasteiger partial charge in [-0.3, -0.25) is 0 Å². The van der Waals surface area contributed by atoms with E-state index in [4.69, 9.17) is 4.74 Å². The first-order valence-electron chi connectivity index (χ1n) is 6.35. The van der Waals surface area contributed by atoms with Crippen LogP contribution in [0, 0.1) is 17.7 Å². The van der Waals surface area contributed by atoms with Crippen molar-refractivity contribution in [3.05, 3.63) is 29.3 Å². The standard InChI is InChI=1S/C12H14FNO2.C3H8/c1-3-4-9-7-10(11(13)8-14-9)12(15)5-6-16-2;1-3-2/h7-8,12,15H,5-6H2,1-2H3;3H2,1-2H3. The zero-order valence-corrected chi connectivity index (χ0v) is 12.0.